The number of carboxylic acid groups (broad SMARTS) is 2. The quantitative estimate of drug-likeness (QED) is 0.0908. The largest absolute Gasteiger partial charge is 1.00 e. The number of anilines is 1. The van der Waals surface area contributed by atoms with Gasteiger partial charge in [0.15, 0.2) is 5.75 Å². The van der Waals surface area contributed by atoms with Crippen LogP contribution in [0.4, 0.5) is 5.69 Å². The van der Waals surface area contributed by atoms with E-state index in [2.05, 4.69) is 28.7 Å². The molecular formula is C18H21N3Na2O5S. The van der Waals surface area contributed by atoms with Crippen LogP contribution in [-0.4, -0.2) is 37.1 Å². The van der Waals surface area contributed by atoms with Gasteiger partial charge < -0.3 is 29.5 Å². The molecule has 0 aliphatic rings. The molecule has 11 heteroatoms. The van der Waals surface area contributed by atoms with E-state index >= 15 is 0 Å². The Bertz CT molecular complexity index is 725. The minimum Gasteiger partial charge on any atom is -0.550 e. The molecule has 29 heavy (non-hydrogen) atoms. The number of aliphatic imine (C=N–C) groups is 1. The van der Waals surface area contributed by atoms with E-state index in [4.69, 9.17) is 4.84 Å². The molecule has 0 aliphatic carbocycles. The third kappa shape index (κ3) is 13.1. The summed E-state index contributed by atoms with van der Waals surface area (Å²) in [6, 6.07) is 7.67. The van der Waals surface area contributed by atoms with Crippen molar-refractivity contribution in [3.05, 3.63) is 24.3 Å². The Labute approximate surface area is 219 Å². The van der Waals surface area contributed by atoms with Crippen molar-refractivity contribution in [2.45, 2.75) is 32.2 Å². The molecule has 0 aromatic heterocycles. The Morgan fingerprint density at radius 3 is 2.72 bits per heavy atom. The van der Waals surface area contributed by atoms with Gasteiger partial charge in [-0.2, -0.15) is 4.99 Å². The molecular weight excluding hydrogens is 416 g/mol. The summed E-state index contributed by atoms with van der Waals surface area (Å²) in [4.78, 5) is 32.3. The number of hydrogen-bond donors (Lipinski definition) is 1. The van der Waals surface area contributed by atoms with Gasteiger partial charge in [0.05, 0.1) is 12.0 Å². The van der Waals surface area contributed by atoms with Crippen molar-refractivity contribution >= 4 is 35.7 Å². The first-order valence-electron chi connectivity index (χ1n) is 8.25. The molecule has 0 fully saturated rings. The molecule has 8 nitrogen and oxygen atoms in total. The van der Waals surface area contributed by atoms with Crippen LogP contribution in [0.25, 0.3) is 0 Å². The van der Waals surface area contributed by atoms with Gasteiger partial charge in [-0.25, -0.2) is 5.48 Å². The van der Waals surface area contributed by atoms with Gasteiger partial charge in [-0.15, -0.1) is 0 Å². The first kappa shape index (κ1) is 30.3. The number of unbranched alkanes of at least 4 members (excludes halogenated alkanes) is 1. The summed E-state index contributed by atoms with van der Waals surface area (Å²) < 4.78 is 0. The maximum absolute atomic E-state index is 11.2. The van der Waals surface area contributed by atoms with Gasteiger partial charge >= 0.3 is 59.1 Å². The van der Waals surface area contributed by atoms with E-state index in [1.165, 1.54) is 30.0 Å². The summed E-state index contributed by atoms with van der Waals surface area (Å²) in [5, 5.41) is 24.7. The molecule has 1 aromatic rings. The second kappa shape index (κ2) is 18.0. The molecule has 0 radical (unpaired) electrons. The van der Waals surface area contributed by atoms with E-state index in [9.17, 15) is 19.8 Å². The first-order chi connectivity index (χ1) is 13.0. The van der Waals surface area contributed by atoms with E-state index in [-0.39, 0.29) is 59.1 Å². The average Bonchev–Trinajstić information content (AvgIpc) is 2.64. The van der Waals surface area contributed by atoms with Crippen LogP contribution in [0.3, 0.4) is 0 Å². The normalized spacial score (nSPS) is 10.6. The summed E-state index contributed by atoms with van der Waals surface area (Å²) in [5.74, 6) is -1.64. The number of aliphatic carboxylic acids is 2. The summed E-state index contributed by atoms with van der Waals surface area (Å²) in [7, 11) is 1.45. The summed E-state index contributed by atoms with van der Waals surface area (Å²) in [5.41, 5.74) is 2.94. The smallest absolute Gasteiger partial charge is 0.550 e. The van der Waals surface area contributed by atoms with E-state index < -0.39 is 24.4 Å². The van der Waals surface area contributed by atoms with Crippen LogP contribution < -0.4 is 84.5 Å². The van der Waals surface area contributed by atoms with Crippen molar-refractivity contribution in [2.24, 2.45) is 4.99 Å². The van der Waals surface area contributed by atoms with Crippen molar-refractivity contribution in [1.29, 1.82) is 0 Å². The van der Waals surface area contributed by atoms with Crippen molar-refractivity contribution in [2.75, 3.05) is 17.7 Å². The van der Waals surface area contributed by atoms with Crippen LogP contribution in [-0.2, 0) is 9.59 Å². The maximum Gasteiger partial charge on any atom is 1.00 e. The Hall–Kier alpha value is -0.860. The molecule has 0 amide bonds. The van der Waals surface area contributed by atoms with Crippen LogP contribution in [0.1, 0.15) is 26.2 Å². The molecule has 0 bridgehead atoms. The number of carbonyl (C=O) groups is 2. The van der Waals surface area contributed by atoms with Crippen molar-refractivity contribution in [3.63, 3.8) is 0 Å². The summed E-state index contributed by atoms with van der Waals surface area (Å²) in [6.07, 6.45) is 2.82. The van der Waals surface area contributed by atoms with Gasteiger partial charge in [-0.05, 0) is 23.8 Å². The fourth-order valence-corrected chi connectivity index (χ4v) is 2.61. The SMILES string of the molecule is CCCCSC#CN=CNOc1cccc(N(C)C(CC(=O)[O-])C(=O)[O-])c1.[Na+].[Na+]. The molecule has 0 spiro atoms. The minimum atomic E-state index is -1.51. The van der Waals surface area contributed by atoms with Gasteiger partial charge in [0, 0.05) is 43.0 Å². The maximum atomic E-state index is 11.2. The topological polar surface area (TPSA) is 117 Å². The van der Waals surface area contributed by atoms with Crippen LogP contribution >= 0.6 is 11.8 Å². The number of hydroxylamine groups is 1. The van der Waals surface area contributed by atoms with E-state index in [1.54, 1.807) is 24.3 Å². The Balaban J connectivity index is 0. The van der Waals surface area contributed by atoms with E-state index in [1.807, 2.05) is 0 Å². The predicted octanol–water partition coefficient (Wildman–Crippen LogP) is -6.25. The van der Waals surface area contributed by atoms with Gasteiger partial charge in [-0.3, -0.25) is 0 Å². The second-order valence-corrected chi connectivity index (χ2v) is 6.31. The number of thioether (sulfide) groups is 1. The minimum absolute atomic E-state index is 0. The second-order valence-electron chi connectivity index (χ2n) is 5.41. The molecule has 1 unspecified atom stereocenters. The zero-order valence-corrected chi connectivity index (χ0v) is 22.0. The fraction of sp³-hybridized carbons (Fsp3) is 0.389. The molecule has 0 aliphatic heterocycles. The zero-order valence-electron chi connectivity index (χ0n) is 17.1. The zero-order chi connectivity index (χ0) is 20.1. The van der Waals surface area contributed by atoms with Gasteiger partial charge in [0.2, 0.25) is 0 Å². The number of nitrogens with one attached hydrogen (secondary N) is 1. The monoisotopic (exact) mass is 437 g/mol. The van der Waals surface area contributed by atoms with Crippen LogP contribution in [0.15, 0.2) is 29.3 Å². The number of rotatable bonds is 11. The number of likely N-dealkylation sites (N-methyl/N-ethyl adjacent to an activating group) is 1. The van der Waals surface area contributed by atoms with Crippen LogP contribution in [0.2, 0.25) is 0 Å². The average molecular weight is 437 g/mol. The molecule has 0 heterocycles. The molecule has 0 saturated carbocycles. The molecule has 1 N–H and O–H groups in total. The van der Waals surface area contributed by atoms with Crippen molar-refractivity contribution in [3.8, 4) is 17.0 Å². The number of hydrogen-bond acceptors (Lipinski definition) is 8. The van der Waals surface area contributed by atoms with Crippen molar-refractivity contribution in [1.82, 2.24) is 5.48 Å². The number of benzene rings is 1. The van der Waals surface area contributed by atoms with Gasteiger partial charge in [-0.1, -0.05) is 31.2 Å². The van der Waals surface area contributed by atoms with Crippen LogP contribution in [0.5, 0.6) is 5.75 Å². The molecule has 146 valence electrons. The number of nitrogens with zero attached hydrogens (tertiary/aromatic N) is 2. The first-order valence-corrected chi connectivity index (χ1v) is 9.23. The third-order valence-electron chi connectivity index (χ3n) is 3.40. The Morgan fingerprint density at radius 2 is 2.10 bits per heavy atom. The van der Waals surface area contributed by atoms with Crippen LogP contribution in [0, 0.1) is 11.3 Å². The summed E-state index contributed by atoms with van der Waals surface area (Å²) in [6.45, 7) is 2.11. The van der Waals surface area contributed by atoms with E-state index in [0.717, 1.165) is 18.6 Å². The van der Waals surface area contributed by atoms with E-state index in [0.29, 0.717) is 11.4 Å². The Morgan fingerprint density at radius 1 is 1.38 bits per heavy atom. The standard InChI is InChI=1S/C18H23N3O5S.2Na/c1-3-4-9-27-10-8-19-13-20-26-15-7-5-6-14(11-15)21(2)16(18(24)25)12-17(22)23;;/h5-7,11,13,16H,3-4,9,12H2,1-2H3,(H,19,20)(H,22,23)(H,24,25);;/q;2*+1/p-2. The molecule has 1 rings (SSSR count). The predicted molar refractivity (Wildman–Crippen MR) is 101 cm³/mol. The Kier molecular flexibility index (Phi) is 18.8. The van der Waals surface area contributed by atoms with Gasteiger partial charge in [0.1, 0.15) is 6.34 Å². The number of carboxylic acids is 2. The third-order valence-corrected chi connectivity index (χ3v) is 4.13. The van der Waals surface area contributed by atoms with Crippen molar-refractivity contribution < 1.29 is 83.8 Å². The number of carbonyl (C=O) groups excluding carboxylic acids is 2. The molecule has 1 atom stereocenters. The molecule has 1 aromatic carbocycles. The fourth-order valence-electron chi connectivity index (χ4n) is 1.96. The summed E-state index contributed by atoms with van der Waals surface area (Å²) >= 11 is 1.50. The molecule has 0 saturated heterocycles. The van der Waals surface area contributed by atoms with Gasteiger partial charge in [0.25, 0.3) is 0 Å².